The Morgan fingerprint density at radius 1 is 1.18 bits per heavy atom. The lowest BCUT2D eigenvalue weighted by molar-refractivity contribution is 0.0211. The van der Waals surface area contributed by atoms with Gasteiger partial charge in [-0.1, -0.05) is 49.9 Å². The Morgan fingerprint density at radius 2 is 1.96 bits per heavy atom. The lowest BCUT2D eigenvalue weighted by Crippen LogP contribution is -2.20. The van der Waals surface area contributed by atoms with E-state index in [1.54, 1.807) is 18.5 Å². The van der Waals surface area contributed by atoms with E-state index in [2.05, 4.69) is 41.8 Å². The number of nitrogens with zero attached hydrogens (tertiary/aromatic N) is 1. The number of nitrogens with one attached hydrogen (secondary N) is 1. The Kier molecular flexibility index (Phi) is 7.94. The van der Waals surface area contributed by atoms with Crippen LogP contribution in [0.3, 0.4) is 0 Å². The summed E-state index contributed by atoms with van der Waals surface area (Å²) < 4.78 is 6.62. The van der Waals surface area contributed by atoms with Gasteiger partial charge in [-0.2, -0.15) is 0 Å². The number of aromatic nitrogens is 2. The number of fused-ring (bicyclic) bond motifs is 1. The Labute approximate surface area is 186 Å². The van der Waals surface area contributed by atoms with E-state index < -0.39 is 0 Å². The molecule has 1 aromatic heterocycles. The van der Waals surface area contributed by atoms with E-state index in [0.29, 0.717) is 5.56 Å². The smallest absolute Gasteiger partial charge is 0.338 e. The molecule has 4 nitrogen and oxygen atoms in total. The van der Waals surface area contributed by atoms with Gasteiger partial charge in [0.25, 0.3) is 0 Å². The Balaban J connectivity index is 0.000000192. The third-order valence-corrected chi connectivity index (χ3v) is 6.25. The number of carbonyl (C=O) groups excluding carboxylic acids is 1. The number of ether oxygens (including phenoxy) is 1. The summed E-state index contributed by atoms with van der Waals surface area (Å²) in [6.45, 7) is 0. The van der Waals surface area contributed by atoms with Crippen LogP contribution in [0.25, 0.3) is 11.0 Å². The van der Waals surface area contributed by atoms with Crippen LogP contribution in [0.4, 0.5) is 0 Å². The van der Waals surface area contributed by atoms with Crippen molar-refractivity contribution in [2.75, 3.05) is 0 Å². The van der Waals surface area contributed by atoms with Crippen LogP contribution in [0.15, 0.2) is 47.2 Å². The van der Waals surface area contributed by atoms with Crippen LogP contribution in [0.1, 0.15) is 48.0 Å². The normalized spacial score (nSPS) is 14.4. The van der Waals surface area contributed by atoms with E-state index in [1.165, 1.54) is 12.0 Å². The molecule has 0 aliphatic heterocycles. The number of halogens is 3. The SMILES string of the molecule is Clc1ccc(Br)c(CBr)c1.O=C(OC1CCCCC1)c1ccc2nc[nH]c2c1. The molecule has 0 unspecified atom stereocenters. The van der Waals surface area contributed by atoms with Gasteiger partial charge in [0.1, 0.15) is 6.10 Å². The zero-order valence-electron chi connectivity index (χ0n) is 15.3. The monoisotopic (exact) mass is 526 g/mol. The summed E-state index contributed by atoms with van der Waals surface area (Å²) in [5.74, 6) is -0.224. The van der Waals surface area contributed by atoms with Crippen molar-refractivity contribution >= 4 is 60.5 Å². The van der Waals surface area contributed by atoms with Crippen molar-refractivity contribution in [3.8, 4) is 0 Å². The number of rotatable bonds is 3. The van der Waals surface area contributed by atoms with E-state index >= 15 is 0 Å². The highest BCUT2D eigenvalue weighted by Gasteiger charge is 2.19. The van der Waals surface area contributed by atoms with Gasteiger partial charge in [-0.3, -0.25) is 0 Å². The van der Waals surface area contributed by atoms with Gasteiger partial charge in [0.05, 0.1) is 22.9 Å². The number of imidazole rings is 1. The molecule has 3 aromatic rings. The third-order valence-electron chi connectivity index (χ3n) is 4.63. The highest BCUT2D eigenvalue weighted by Crippen LogP contribution is 2.23. The molecule has 0 atom stereocenters. The minimum absolute atomic E-state index is 0.101. The standard InChI is InChI=1S/C14H16N2O2.C7H5Br2Cl/c17-14(18-11-4-2-1-3-5-11)10-6-7-12-13(8-10)16-9-15-12;8-4-5-3-6(10)1-2-7(5)9/h6-9,11H,1-5H2,(H,15,16);1-3H,4H2. The third kappa shape index (κ3) is 5.82. The van der Waals surface area contributed by atoms with Crippen LogP contribution in [0, 0.1) is 0 Å². The molecule has 7 heteroatoms. The molecule has 28 heavy (non-hydrogen) atoms. The molecule has 148 valence electrons. The largest absolute Gasteiger partial charge is 0.459 e. The quantitative estimate of drug-likeness (QED) is 0.293. The summed E-state index contributed by atoms with van der Waals surface area (Å²) >= 11 is 12.5. The minimum Gasteiger partial charge on any atom is -0.459 e. The van der Waals surface area contributed by atoms with Crippen molar-refractivity contribution in [2.24, 2.45) is 0 Å². The average molecular weight is 529 g/mol. The van der Waals surface area contributed by atoms with Gasteiger partial charge in [-0.25, -0.2) is 9.78 Å². The number of hydrogen-bond acceptors (Lipinski definition) is 3. The van der Waals surface area contributed by atoms with Crippen molar-refractivity contribution in [2.45, 2.75) is 43.5 Å². The number of carbonyl (C=O) groups is 1. The van der Waals surface area contributed by atoms with Gasteiger partial charge in [-0.15, -0.1) is 0 Å². The van der Waals surface area contributed by atoms with Crippen molar-refractivity contribution in [1.29, 1.82) is 0 Å². The van der Waals surface area contributed by atoms with Gasteiger partial charge in [0.15, 0.2) is 0 Å². The van der Waals surface area contributed by atoms with Crippen molar-refractivity contribution in [3.63, 3.8) is 0 Å². The summed E-state index contributed by atoms with van der Waals surface area (Å²) in [7, 11) is 0. The van der Waals surface area contributed by atoms with Gasteiger partial charge >= 0.3 is 5.97 Å². The van der Waals surface area contributed by atoms with Gasteiger partial charge in [0, 0.05) is 14.8 Å². The topological polar surface area (TPSA) is 55.0 Å². The fraction of sp³-hybridized carbons (Fsp3) is 0.333. The van der Waals surface area contributed by atoms with Gasteiger partial charge < -0.3 is 9.72 Å². The summed E-state index contributed by atoms with van der Waals surface area (Å²) in [5, 5.41) is 1.60. The Bertz CT molecular complexity index is 939. The highest BCUT2D eigenvalue weighted by molar-refractivity contribution is 9.10. The van der Waals surface area contributed by atoms with Crippen molar-refractivity contribution in [1.82, 2.24) is 9.97 Å². The second kappa shape index (κ2) is 10.4. The summed E-state index contributed by atoms with van der Waals surface area (Å²) in [6, 6.07) is 11.1. The number of hydrogen-bond donors (Lipinski definition) is 1. The number of aromatic amines is 1. The molecule has 2 aromatic carbocycles. The molecule has 1 fully saturated rings. The number of benzene rings is 2. The molecule has 4 rings (SSSR count). The molecular formula is C21H21Br2ClN2O2. The molecule has 0 amide bonds. The first kappa shape index (κ1) is 21.3. The summed E-state index contributed by atoms with van der Waals surface area (Å²) in [5.41, 5.74) is 3.50. The lowest BCUT2D eigenvalue weighted by atomic mass is 9.98. The Morgan fingerprint density at radius 3 is 2.68 bits per heavy atom. The van der Waals surface area contributed by atoms with E-state index in [1.807, 2.05) is 24.3 Å². The van der Waals surface area contributed by atoms with Crippen LogP contribution in [-0.2, 0) is 10.1 Å². The molecule has 1 heterocycles. The number of H-pyrrole nitrogens is 1. The molecular weight excluding hydrogens is 508 g/mol. The zero-order chi connectivity index (χ0) is 19.9. The van der Waals surface area contributed by atoms with Crippen molar-refractivity contribution < 1.29 is 9.53 Å². The second-order valence-corrected chi connectivity index (χ2v) is 8.52. The van der Waals surface area contributed by atoms with E-state index in [0.717, 1.165) is 51.5 Å². The Hall–Kier alpha value is -1.37. The first-order chi connectivity index (χ1) is 13.6. The molecule has 0 bridgehead atoms. The predicted molar refractivity (Wildman–Crippen MR) is 120 cm³/mol. The maximum Gasteiger partial charge on any atom is 0.338 e. The van der Waals surface area contributed by atoms with E-state index in [9.17, 15) is 4.79 Å². The van der Waals surface area contributed by atoms with Crippen LogP contribution >= 0.6 is 43.5 Å². The maximum atomic E-state index is 12.0. The molecule has 0 saturated heterocycles. The first-order valence-corrected chi connectivity index (χ1v) is 11.5. The van der Waals surface area contributed by atoms with Crippen molar-refractivity contribution in [3.05, 3.63) is 63.3 Å². The molecule has 0 radical (unpaired) electrons. The predicted octanol–water partition coefficient (Wildman–Crippen LogP) is 7.05. The first-order valence-electron chi connectivity index (χ1n) is 9.21. The second-order valence-electron chi connectivity index (χ2n) is 6.67. The molecule has 1 aliphatic carbocycles. The fourth-order valence-corrected chi connectivity index (χ4v) is 4.53. The molecule has 1 N–H and O–H groups in total. The average Bonchev–Trinajstić information content (AvgIpc) is 3.19. The zero-order valence-corrected chi connectivity index (χ0v) is 19.2. The molecule has 0 spiro atoms. The number of esters is 1. The lowest BCUT2D eigenvalue weighted by Gasteiger charge is -2.21. The van der Waals surface area contributed by atoms with Crippen LogP contribution in [0.5, 0.6) is 0 Å². The summed E-state index contributed by atoms with van der Waals surface area (Å²) in [6.07, 6.45) is 7.31. The molecule has 1 aliphatic rings. The molecule has 1 saturated carbocycles. The highest BCUT2D eigenvalue weighted by atomic mass is 79.9. The minimum atomic E-state index is -0.224. The van der Waals surface area contributed by atoms with Crippen LogP contribution < -0.4 is 0 Å². The maximum absolute atomic E-state index is 12.0. The van der Waals surface area contributed by atoms with E-state index in [4.69, 9.17) is 16.3 Å². The number of alkyl halides is 1. The van der Waals surface area contributed by atoms with Crippen LogP contribution in [0.2, 0.25) is 5.02 Å². The van der Waals surface area contributed by atoms with Crippen LogP contribution in [-0.4, -0.2) is 22.0 Å². The fourth-order valence-electron chi connectivity index (χ4n) is 3.11. The van der Waals surface area contributed by atoms with E-state index in [-0.39, 0.29) is 12.1 Å². The summed E-state index contributed by atoms with van der Waals surface area (Å²) in [4.78, 5) is 19.1. The van der Waals surface area contributed by atoms with Gasteiger partial charge in [0.2, 0.25) is 0 Å². The van der Waals surface area contributed by atoms with Gasteiger partial charge in [-0.05, 0) is 67.6 Å².